The maximum Gasteiger partial charge on any atom is 0.230 e. The average molecular weight is 358 g/mol. The van der Waals surface area contributed by atoms with Gasteiger partial charge in [0, 0.05) is 13.2 Å². The quantitative estimate of drug-likeness (QED) is 0.780. The first kappa shape index (κ1) is 17.8. The van der Waals surface area contributed by atoms with Gasteiger partial charge in [-0.1, -0.05) is 13.8 Å². The number of carbonyl (C=O) groups is 1. The molecular weight excluding hydrogens is 328 g/mol. The predicted octanol–water partition coefficient (Wildman–Crippen LogP) is 4.04. The van der Waals surface area contributed by atoms with Gasteiger partial charge in [0.25, 0.3) is 0 Å². The van der Waals surface area contributed by atoms with E-state index in [1.54, 1.807) is 19.4 Å². The normalized spacial score (nSPS) is 37.6. The van der Waals surface area contributed by atoms with Gasteiger partial charge in [0.15, 0.2) is 0 Å². The zero-order valence-corrected chi connectivity index (χ0v) is 16.1. The van der Waals surface area contributed by atoms with Crippen LogP contribution < -0.4 is 10.1 Å². The molecule has 1 heterocycles. The lowest BCUT2D eigenvalue weighted by atomic mass is 9.40. The van der Waals surface area contributed by atoms with Gasteiger partial charge in [-0.25, -0.2) is 4.98 Å². The molecule has 4 aliphatic carbocycles. The Morgan fingerprint density at radius 1 is 1.15 bits per heavy atom. The number of aromatic nitrogens is 1. The van der Waals surface area contributed by atoms with Gasteiger partial charge in [-0.3, -0.25) is 4.79 Å². The van der Waals surface area contributed by atoms with E-state index in [2.05, 4.69) is 24.1 Å². The highest BCUT2D eigenvalue weighted by Gasteiger charge is 2.62. The van der Waals surface area contributed by atoms with Crippen molar-refractivity contribution in [1.29, 1.82) is 0 Å². The number of nitrogens with zero attached hydrogens (tertiary/aromatic N) is 1. The summed E-state index contributed by atoms with van der Waals surface area (Å²) in [6.07, 6.45) is 8.67. The highest BCUT2D eigenvalue weighted by molar-refractivity contribution is 5.95. The van der Waals surface area contributed by atoms with Crippen LogP contribution in [-0.2, 0) is 9.53 Å². The first-order valence-electron chi connectivity index (χ1n) is 9.73. The number of rotatable bonds is 6. The zero-order valence-electron chi connectivity index (χ0n) is 16.1. The van der Waals surface area contributed by atoms with Crippen molar-refractivity contribution in [2.24, 2.45) is 22.2 Å². The standard InChI is InChI=1S/C21H30N2O3/c1-19-8-15-9-20(2,12-19)14-21(10-15,13-19)18(24)23-16-4-5-17(22-11-16)26-7-6-25-3/h4-5,11,15H,6-10,12-14H2,1-3H3,(H,23,24). The van der Waals surface area contributed by atoms with E-state index in [0.29, 0.717) is 35.8 Å². The van der Waals surface area contributed by atoms with Gasteiger partial charge >= 0.3 is 0 Å². The summed E-state index contributed by atoms with van der Waals surface area (Å²) in [5.41, 5.74) is 1.22. The smallest absolute Gasteiger partial charge is 0.230 e. The molecule has 4 fully saturated rings. The van der Waals surface area contributed by atoms with Crippen molar-refractivity contribution in [1.82, 2.24) is 4.98 Å². The maximum atomic E-state index is 13.3. The van der Waals surface area contributed by atoms with Gasteiger partial charge in [-0.2, -0.15) is 0 Å². The van der Waals surface area contributed by atoms with E-state index in [9.17, 15) is 4.79 Å². The minimum Gasteiger partial charge on any atom is -0.475 e. The summed E-state index contributed by atoms with van der Waals surface area (Å²) in [5, 5.41) is 3.15. The van der Waals surface area contributed by atoms with Crippen molar-refractivity contribution in [3.8, 4) is 5.88 Å². The highest BCUT2D eigenvalue weighted by Crippen LogP contribution is 2.69. The Kier molecular flexibility index (Phi) is 4.25. The molecule has 142 valence electrons. The third kappa shape index (κ3) is 3.22. The van der Waals surface area contributed by atoms with Gasteiger partial charge in [-0.15, -0.1) is 0 Å². The minimum atomic E-state index is -0.198. The van der Waals surface area contributed by atoms with Crippen LogP contribution in [0.15, 0.2) is 18.3 Å². The van der Waals surface area contributed by atoms with E-state index in [-0.39, 0.29) is 11.3 Å². The van der Waals surface area contributed by atoms with E-state index < -0.39 is 0 Å². The third-order valence-corrected chi connectivity index (χ3v) is 6.64. The molecule has 26 heavy (non-hydrogen) atoms. The summed E-state index contributed by atoms with van der Waals surface area (Å²) < 4.78 is 10.4. The van der Waals surface area contributed by atoms with Crippen molar-refractivity contribution in [3.63, 3.8) is 0 Å². The van der Waals surface area contributed by atoms with E-state index in [4.69, 9.17) is 9.47 Å². The monoisotopic (exact) mass is 358 g/mol. The fraction of sp³-hybridized carbons (Fsp3) is 0.714. The molecule has 1 N–H and O–H groups in total. The number of amides is 1. The van der Waals surface area contributed by atoms with Gasteiger partial charge in [-0.05, 0) is 61.3 Å². The summed E-state index contributed by atoms with van der Waals surface area (Å²) in [6, 6.07) is 3.67. The molecule has 2 atom stereocenters. The molecule has 4 aliphatic rings. The van der Waals surface area contributed by atoms with Crippen LogP contribution in [0.1, 0.15) is 52.4 Å². The van der Waals surface area contributed by atoms with Crippen LogP contribution in [-0.4, -0.2) is 31.2 Å². The topological polar surface area (TPSA) is 60.5 Å². The fourth-order valence-corrected chi connectivity index (χ4v) is 6.73. The molecule has 1 aromatic heterocycles. The summed E-state index contributed by atoms with van der Waals surface area (Å²) in [6.45, 7) is 5.79. The maximum absolute atomic E-state index is 13.3. The zero-order chi connectivity index (χ0) is 18.4. The van der Waals surface area contributed by atoms with Crippen LogP contribution in [0.3, 0.4) is 0 Å². The molecule has 1 amide bonds. The van der Waals surface area contributed by atoms with Crippen molar-refractivity contribution in [3.05, 3.63) is 18.3 Å². The molecular formula is C21H30N2O3. The molecule has 0 aliphatic heterocycles. The second-order valence-electron chi connectivity index (χ2n) is 9.59. The highest BCUT2D eigenvalue weighted by atomic mass is 16.5. The first-order valence-corrected chi connectivity index (χ1v) is 9.73. The SMILES string of the molecule is COCCOc1ccc(NC(=O)C23CC4CC(C)(CC(C)(C4)C2)C3)cn1. The summed E-state index contributed by atoms with van der Waals surface area (Å²) in [7, 11) is 1.64. The number of methoxy groups -OCH3 is 1. The van der Waals surface area contributed by atoms with Crippen molar-refractivity contribution in [2.45, 2.75) is 52.4 Å². The summed E-state index contributed by atoms with van der Waals surface area (Å²) in [4.78, 5) is 17.5. The number of hydrogen-bond acceptors (Lipinski definition) is 4. The van der Waals surface area contributed by atoms with Crippen LogP contribution in [0.25, 0.3) is 0 Å². The lowest BCUT2D eigenvalue weighted by Gasteiger charge is -2.64. The average Bonchev–Trinajstić information content (AvgIpc) is 2.53. The minimum absolute atomic E-state index is 0.189. The number of nitrogens with one attached hydrogen (secondary N) is 1. The Morgan fingerprint density at radius 2 is 1.88 bits per heavy atom. The lowest BCUT2D eigenvalue weighted by molar-refractivity contribution is -0.165. The number of anilines is 1. The Morgan fingerprint density at radius 3 is 2.46 bits per heavy atom. The molecule has 0 saturated heterocycles. The van der Waals surface area contributed by atoms with Crippen molar-refractivity contribution < 1.29 is 14.3 Å². The van der Waals surface area contributed by atoms with E-state index in [1.165, 1.54) is 19.3 Å². The van der Waals surface area contributed by atoms with Gasteiger partial charge < -0.3 is 14.8 Å². The van der Waals surface area contributed by atoms with Crippen LogP contribution in [0.5, 0.6) is 5.88 Å². The molecule has 1 aromatic rings. The first-order chi connectivity index (χ1) is 12.3. The summed E-state index contributed by atoms with van der Waals surface area (Å²) >= 11 is 0. The molecule has 5 rings (SSSR count). The fourth-order valence-electron chi connectivity index (χ4n) is 6.73. The number of carbonyl (C=O) groups excluding carboxylic acids is 1. The molecule has 2 unspecified atom stereocenters. The molecule has 4 saturated carbocycles. The molecule has 0 aromatic carbocycles. The van der Waals surface area contributed by atoms with Gasteiger partial charge in [0.1, 0.15) is 6.61 Å². The van der Waals surface area contributed by atoms with Crippen LogP contribution >= 0.6 is 0 Å². The van der Waals surface area contributed by atoms with Crippen LogP contribution in [0.4, 0.5) is 5.69 Å². The van der Waals surface area contributed by atoms with Crippen LogP contribution in [0.2, 0.25) is 0 Å². The molecule has 4 bridgehead atoms. The lowest BCUT2D eigenvalue weighted by Crippen LogP contribution is -2.58. The van der Waals surface area contributed by atoms with Crippen LogP contribution in [0, 0.1) is 22.2 Å². The molecule has 0 radical (unpaired) electrons. The predicted molar refractivity (Wildman–Crippen MR) is 100 cm³/mol. The van der Waals surface area contributed by atoms with E-state index in [1.807, 2.05) is 6.07 Å². The Balaban J connectivity index is 1.45. The number of pyridine rings is 1. The second-order valence-corrected chi connectivity index (χ2v) is 9.59. The van der Waals surface area contributed by atoms with Gasteiger partial charge in [0.05, 0.1) is 23.9 Å². The van der Waals surface area contributed by atoms with E-state index >= 15 is 0 Å². The second kappa shape index (κ2) is 6.22. The van der Waals surface area contributed by atoms with E-state index in [0.717, 1.165) is 24.9 Å². The third-order valence-electron chi connectivity index (χ3n) is 6.64. The van der Waals surface area contributed by atoms with Crippen molar-refractivity contribution in [2.75, 3.05) is 25.6 Å². The Bertz CT molecular complexity index is 669. The summed E-state index contributed by atoms with van der Waals surface area (Å²) in [5.74, 6) is 1.45. The largest absolute Gasteiger partial charge is 0.475 e. The molecule has 5 heteroatoms. The van der Waals surface area contributed by atoms with Gasteiger partial charge in [0.2, 0.25) is 11.8 Å². The Hall–Kier alpha value is -1.62. The Labute approximate surface area is 155 Å². The molecule has 0 spiro atoms. The number of hydrogen-bond donors (Lipinski definition) is 1. The molecule has 5 nitrogen and oxygen atoms in total. The number of ether oxygens (including phenoxy) is 2. The van der Waals surface area contributed by atoms with Crippen molar-refractivity contribution >= 4 is 11.6 Å².